The summed E-state index contributed by atoms with van der Waals surface area (Å²) < 4.78 is 0. The minimum atomic E-state index is -0.336. The highest BCUT2D eigenvalue weighted by Crippen LogP contribution is 2.38. The molecule has 0 aromatic rings. The van der Waals surface area contributed by atoms with Gasteiger partial charge in [0.05, 0.1) is 0 Å². The van der Waals surface area contributed by atoms with Crippen LogP contribution in [0.2, 0.25) is 0 Å². The van der Waals surface area contributed by atoms with E-state index in [1.165, 1.54) is 12.8 Å². The fourth-order valence-corrected chi connectivity index (χ4v) is 2.75. The van der Waals surface area contributed by atoms with Crippen molar-refractivity contribution in [3.05, 3.63) is 0 Å². The zero-order chi connectivity index (χ0) is 12.0. The summed E-state index contributed by atoms with van der Waals surface area (Å²) in [6.07, 6.45) is 5.88. The molecule has 2 unspecified atom stereocenters. The van der Waals surface area contributed by atoms with Gasteiger partial charge in [-0.15, -0.1) is 0 Å². The SMILES string of the molecule is CC1NC(=O)C(C2CC2)N(CCC2CC2)C1=O. The third kappa shape index (κ3) is 2.17. The Morgan fingerprint density at radius 2 is 1.94 bits per heavy atom. The smallest absolute Gasteiger partial charge is 0.245 e. The predicted octanol–water partition coefficient (Wildman–Crippen LogP) is 0.912. The summed E-state index contributed by atoms with van der Waals surface area (Å²) in [5, 5.41) is 2.80. The Morgan fingerprint density at radius 1 is 1.24 bits per heavy atom. The van der Waals surface area contributed by atoms with Crippen LogP contribution in [0.4, 0.5) is 0 Å². The minimum absolute atomic E-state index is 0.0652. The van der Waals surface area contributed by atoms with Crippen LogP contribution >= 0.6 is 0 Å². The topological polar surface area (TPSA) is 49.4 Å². The molecule has 1 saturated heterocycles. The van der Waals surface area contributed by atoms with Gasteiger partial charge in [-0.1, -0.05) is 12.8 Å². The number of hydrogen-bond donors (Lipinski definition) is 1. The molecule has 94 valence electrons. The van der Waals surface area contributed by atoms with Crippen molar-refractivity contribution in [2.75, 3.05) is 6.54 Å². The van der Waals surface area contributed by atoms with Crippen LogP contribution in [0.15, 0.2) is 0 Å². The summed E-state index contributed by atoms with van der Waals surface area (Å²) in [7, 11) is 0. The molecule has 3 rings (SSSR count). The number of carbonyl (C=O) groups is 2. The lowest BCUT2D eigenvalue weighted by Gasteiger charge is -2.38. The van der Waals surface area contributed by atoms with Crippen molar-refractivity contribution in [3.8, 4) is 0 Å². The predicted molar refractivity (Wildman–Crippen MR) is 63.2 cm³/mol. The highest BCUT2D eigenvalue weighted by Gasteiger charge is 2.46. The van der Waals surface area contributed by atoms with Crippen LogP contribution in [-0.4, -0.2) is 35.3 Å². The molecular formula is C13H20N2O2. The fraction of sp³-hybridized carbons (Fsp3) is 0.846. The van der Waals surface area contributed by atoms with Crippen LogP contribution in [0.3, 0.4) is 0 Å². The fourth-order valence-electron chi connectivity index (χ4n) is 2.75. The summed E-state index contributed by atoms with van der Waals surface area (Å²) in [5.41, 5.74) is 0. The van der Waals surface area contributed by atoms with Gasteiger partial charge in [0.2, 0.25) is 11.8 Å². The number of nitrogens with zero attached hydrogens (tertiary/aromatic N) is 1. The molecule has 4 heteroatoms. The van der Waals surface area contributed by atoms with Gasteiger partial charge >= 0.3 is 0 Å². The van der Waals surface area contributed by atoms with Crippen LogP contribution < -0.4 is 5.32 Å². The number of rotatable bonds is 4. The summed E-state index contributed by atoms with van der Waals surface area (Å²) in [6, 6.07) is -0.505. The summed E-state index contributed by atoms with van der Waals surface area (Å²) >= 11 is 0. The van der Waals surface area contributed by atoms with Gasteiger partial charge < -0.3 is 10.2 Å². The first-order valence-electron chi connectivity index (χ1n) is 6.77. The Balaban J connectivity index is 1.71. The van der Waals surface area contributed by atoms with Gasteiger partial charge in [0.25, 0.3) is 0 Å². The van der Waals surface area contributed by atoms with Gasteiger partial charge in [0.1, 0.15) is 12.1 Å². The molecule has 1 aliphatic heterocycles. The van der Waals surface area contributed by atoms with E-state index < -0.39 is 0 Å². The molecular weight excluding hydrogens is 216 g/mol. The molecule has 2 aliphatic carbocycles. The molecule has 2 saturated carbocycles. The maximum Gasteiger partial charge on any atom is 0.245 e. The van der Waals surface area contributed by atoms with E-state index in [1.807, 2.05) is 4.90 Å². The van der Waals surface area contributed by atoms with Crippen LogP contribution in [0.1, 0.15) is 39.0 Å². The number of hydrogen-bond acceptors (Lipinski definition) is 2. The number of piperazine rings is 1. The highest BCUT2D eigenvalue weighted by atomic mass is 16.2. The number of amides is 2. The highest BCUT2D eigenvalue weighted by molar-refractivity contribution is 5.97. The van der Waals surface area contributed by atoms with Crippen LogP contribution in [0.5, 0.6) is 0 Å². The summed E-state index contributed by atoms with van der Waals surface area (Å²) in [5.74, 6) is 1.41. The van der Waals surface area contributed by atoms with Gasteiger partial charge in [0.15, 0.2) is 0 Å². The van der Waals surface area contributed by atoms with Gasteiger partial charge in [-0.2, -0.15) is 0 Å². The van der Waals surface area contributed by atoms with E-state index in [-0.39, 0.29) is 23.9 Å². The number of nitrogens with one attached hydrogen (secondary N) is 1. The third-order valence-corrected chi connectivity index (χ3v) is 4.16. The van der Waals surface area contributed by atoms with Gasteiger partial charge in [0, 0.05) is 6.54 Å². The Morgan fingerprint density at radius 3 is 2.53 bits per heavy atom. The van der Waals surface area contributed by atoms with E-state index in [1.54, 1.807) is 6.92 Å². The van der Waals surface area contributed by atoms with Crippen molar-refractivity contribution in [2.24, 2.45) is 11.8 Å². The second kappa shape index (κ2) is 4.00. The molecule has 4 nitrogen and oxygen atoms in total. The largest absolute Gasteiger partial charge is 0.343 e. The second-order valence-corrected chi connectivity index (χ2v) is 5.78. The Kier molecular flexibility index (Phi) is 2.60. The zero-order valence-electron chi connectivity index (χ0n) is 10.3. The Labute approximate surface area is 102 Å². The normalized spacial score (nSPS) is 33.8. The molecule has 0 spiro atoms. The van der Waals surface area contributed by atoms with E-state index in [4.69, 9.17) is 0 Å². The van der Waals surface area contributed by atoms with Crippen LogP contribution in [0, 0.1) is 11.8 Å². The first-order chi connectivity index (χ1) is 8.16. The number of carbonyl (C=O) groups excluding carboxylic acids is 2. The Hall–Kier alpha value is -1.06. The molecule has 2 atom stereocenters. The van der Waals surface area contributed by atoms with Crippen molar-refractivity contribution < 1.29 is 9.59 Å². The molecule has 0 radical (unpaired) electrons. The molecule has 0 bridgehead atoms. The minimum Gasteiger partial charge on any atom is -0.343 e. The average Bonchev–Trinajstić information content (AvgIpc) is 3.13. The molecule has 3 fully saturated rings. The second-order valence-electron chi connectivity index (χ2n) is 5.78. The van der Waals surface area contributed by atoms with Crippen LogP contribution in [-0.2, 0) is 9.59 Å². The maximum absolute atomic E-state index is 12.2. The Bertz CT molecular complexity index is 347. The van der Waals surface area contributed by atoms with Crippen molar-refractivity contribution in [1.82, 2.24) is 10.2 Å². The molecule has 1 heterocycles. The van der Waals surface area contributed by atoms with E-state index >= 15 is 0 Å². The quantitative estimate of drug-likeness (QED) is 0.789. The third-order valence-electron chi connectivity index (χ3n) is 4.16. The van der Waals surface area contributed by atoms with Gasteiger partial charge in [-0.25, -0.2) is 0 Å². The van der Waals surface area contributed by atoms with Crippen LogP contribution in [0.25, 0.3) is 0 Å². The molecule has 0 aromatic carbocycles. The maximum atomic E-state index is 12.2. The lowest BCUT2D eigenvalue weighted by atomic mass is 10.0. The average molecular weight is 236 g/mol. The zero-order valence-corrected chi connectivity index (χ0v) is 10.3. The van der Waals surface area contributed by atoms with E-state index in [0.29, 0.717) is 5.92 Å². The van der Waals surface area contributed by atoms with E-state index in [2.05, 4.69) is 5.32 Å². The molecule has 17 heavy (non-hydrogen) atoms. The summed E-state index contributed by atoms with van der Waals surface area (Å²) in [4.78, 5) is 26.0. The molecule has 1 N–H and O–H groups in total. The van der Waals surface area contributed by atoms with E-state index in [9.17, 15) is 9.59 Å². The van der Waals surface area contributed by atoms with Crippen molar-refractivity contribution >= 4 is 11.8 Å². The van der Waals surface area contributed by atoms with E-state index in [0.717, 1.165) is 31.7 Å². The first-order valence-corrected chi connectivity index (χ1v) is 6.77. The van der Waals surface area contributed by atoms with Gasteiger partial charge in [-0.05, 0) is 38.0 Å². The van der Waals surface area contributed by atoms with Crippen molar-refractivity contribution in [2.45, 2.75) is 51.1 Å². The first kappa shape index (κ1) is 11.1. The molecule has 0 aromatic heterocycles. The van der Waals surface area contributed by atoms with Crippen molar-refractivity contribution in [1.29, 1.82) is 0 Å². The molecule has 2 amide bonds. The lowest BCUT2D eigenvalue weighted by molar-refractivity contribution is -0.149. The summed E-state index contributed by atoms with van der Waals surface area (Å²) in [6.45, 7) is 2.57. The monoisotopic (exact) mass is 236 g/mol. The van der Waals surface area contributed by atoms with Gasteiger partial charge in [-0.3, -0.25) is 9.59 Å². The van der Waals surface area contributed by atoms with Crippen molar-refractivity contribution in [3.63, 3.8) is 0 Å². The molecule has 3 aliphatic rings. The standard InChI is InChI=1S/C13H20N2O2/c1-8-13(17)15(7-6-9-2-3-9)11(10-4-5-10)12(16)14-8/h8-11H,2-7H2,1H3,(H,14,16). The lowest BCUT2D eigenvalue weighted by Crippen LogP contribution is -2.63.